The van der Waals surface area contributed by atoms with Gasteiger partial charge in [-0.05, 0) is 23.1 Å². The molecular weight excluding hydrogens is 320 g/mol. The van der Waals surface area contributed by atoms with E-state index in [4.69, 9.17) is 4.74 Å². The van der Waals surface area contributed by atoms with Crippen molar-refractivity contribution >= 4 is 17.7 Å². The molecule has 0 atom stereocenters. The Bertz CT molecular complexity index is 616. The number of ether oxygens (including phenoxy) is 1. The molecule has 0 aromatic heterocycles. The van der Waals surface area contributed by atoms with Crippen molar-refractivity contribution in [1.82, 2.24) is 10.2 Å². The highest BCUT2D eigenvalue weighted by atomic mass is 16.5. The van der Waals surface area contributed by atoms with Crippen LogP contribution in [0.25, 0.3) is 0 Å². The number of hydrogen-bond acceptors (Lipinski definition) is 4. The fraction of sp³-hybridized carbons (Fsp3) is 0.526. The molecule has 1 N–H and O–H groups in total. The average Bonchev–Trinajstić information content (AvgIpc) is 2.88. The number of hydrogen-bond donors (Lipinski definition) is 1. The van der Waals surface area contributed by atoms with Gasteiger partial charge in [-0.1, -0.05) is 32.9 Å². The second kappa shape index (κ2) is 8.14. The normalized spacial score (nSPS) is 14.8. The van der Waals surface area contributed by atoms with E-state index in [1.165, 1.54) is 5.56 Å². The van der Waals surface area contributed by atoms with Gasteiger partial charge in [0.25, 0.3) is 0 Å². The van der Waals surface area contributed by atoms with Crippen molar-refractivity contribution in [2.75, 3.05) is 19.7 Å². The van der Waals surface area contributed by atoms with Gasteiger partial charge < -0.3 is 10.1 Å². The summed E-state index contributed by atoms with van der Waals surface area (Å²) in [5, 5.41) is 2.73. The molecule has 2 rings (SSSR count). The molecule has 1 aromatic carbocycles. The van der Waals surface area contributed by atoms with E-state index < -0.39 is 0 Å². The number of carbonyl (C=O) groups is 3. The lowest BCUT2D eigenvalue weighted by Crippen LogP contribution is -2.35. The summed E-state index contributed by atoms with van der Waals surface area (Å²) in [6, 6.07) is 7.93. The summed E-state index contributed by atoms with van der Waals surface area (Å²) in [5.74, 6) is 0.175. The van der Waals surface area contributed by atoms with Crippen LogP contribution in [0.3, 0.4) is 0 Å². The van der Waals surface area contributed by atoms with Gasteiger partial charge in [-0.3, -0.25) is 19.3 Å². The van der Waals surface area contributed by atoms with Gasteiger partial charge in [0.2, 0.25) is 17.7 Å². The van der Waals surface area contributed by atoms with Crippen LogP contribution >= 0.6 is 0 Å². The van der Waals surface area contributed by atoms with Gasteiger partial charge in [0.15, 0.2) is 0 Å². The zero-order chi connectivity index (χ0) is 18.4. The molecule has 136 valence electrons. The van der Waals surface area contributed by atoms with E-state index in [9.17, 15) is 14.4 Å². The molecule has 0 saturated carbocycles. The van der Waals surface area contributed by atoms with Crippen LogP contribution in [0.2, 0.25) is 0 Å². The number of imide groups is 1. The minimum absolute atomic E-state index is 0.102. The van der Waals surface area contributed by atoms with Crippen molar-refractivity contribution < 1.29 is 19.1 Å². The molecular formula is C19H26N2O4. The summed E-state index contributed by atoms with van der Waals surface area (Å²) in [7, 11) is 0. The summed E-state index contributed by atoms with van der Waals surface area (Å²) < 4.78 is 5.60. The Morgan fingerprint density at radius 2 is 1.72 bits per heavy atom. The van der Waals surface area contributed by atoms with Gasteiger partial charge in [0.1, 0.15) is 12.4 Å². The Hall–Kier alpha value is -2.37. The molecule has 6 heteroatoms. The zero-order valence-corrected chi connectivity index (χ0v) is 15.1. The Labute approximate surface area is 148 Å². The zero-order valence-electron chi connectivity index (χ0n) is 15.1. The van der Waals surface area contributed by atoms with Crippen molar-refractivity contribution in [2.24, 2.45) is 0 Å². The molecule has 0 aliphatic carbocycles. The number of nitrogens with one attached hydrogen (secondary N) is 1. The maximum atomic E-state index is 11.8. The molecule has 6 nitrogen and oxygen atoms in total. The Morgan fingerprint density at radius 3 is 2.28 bits per heavy atom. The van der Waals surface area contributed by atoms with Crippen LogP contribution in [0.15, 0.2) is 24.3 Å². The highest BCUT2D eigenvalue weighted by Crippen LogP contribution is 2.24. The van der Waals surface area contributed by atoms with E-state index in [-0.39, 0.29) is 48.9 Å². The van der Waals surface area contributed by atoms with Crippen molar-refractivity contribution in [3.63, 3.8) is 0 Å². The van der Waals surface area contributed by atoms with Gasteiger partial charge in [0, 0.05) is 25.8 Å². The van der Waals surface area contributed by atoms with Gasteiger partial charge in [-0.15, -0.1) is 0 Å². The second-order valence-corrected chi connectivity index (χ2v) is 7.16. The fourth-order valence-corrected chi connectivity index (χ4v) is 2.58. The number of benzene rings is 1. The third-order valence-electron chi connectivity index (χ3n) is 4.13. The van der Waals surface area contributed by atoms with E-state index >= 15 is 0 Å². The SMILES string of the molecule is CC(C)(C)c1ccc(OCCNC(=O)CCN2C(=O)CCC2=O)cc1. The maximum absolute atomic E-state index is 11.8. The fourth-order valence-electron chi connectivity index (χ4n) is 2.58. The van der Waals surface area contributed by atoms with E-state index in [1.54, 1.807) is 0 Å². The number of likely N-dealkylation sites (tertiary alicyclic amines) is 1. The smallest absolute Gasteiger partial charge is 0.229 e. The summed E-state index contributed by atoms with van der Waals surface area (Å²) in [4.78, 5) is 35.8. The summed E-state index contributed by atoms with van der Waals surface area (Å²) in [6.07, 6.45) is 0.627. The first-order valence-electron chi connectivity index (χ1n) is 8.60. The first kappa shape index (κ1) is 19.0. The molecule has 3 amide bonds. The standard InChI is InChI=1S/C19H26N2O4/c1-19(2,3)14-4-6-15(7-5-14)25-13-11-20-16(22)10-12-21-17(23)8-9-18(21)24/h4-7H,8-13H2,1-3H3,(H,20,22). The highest BCUT2D eigenvalue weighted by Gasteiger charge is 2.28. The van der Waals surface area contributed by atoms with E-state index in [2.05, 4.69) is 26.1 Å². The molecule has 1 heterocycles. The van der Waals surface area contributed by atoms with E-state index in [0.717, 1.165) is 10.6 Å². The Kier molecular flexibility index (Phi) is 6.17. The lowest BCUT2D eigenvalue weighted by molar-refractivity contribution is -0.138. The number of amides is 3. The minimum atomic E-state index is -0.195. The highest BCUT2D eigenvalue weighted by molar-refractivity contribution is 6.02. The minimum Gasteiger partial charge on any atom is -0.492 e. The molecule has 0 unspecified atom stereocenters. The molecule has 1 aromatic rings. The van der Waals surface area contributed by atoms with Gasteiger partial charge >= 0.3 is 0 Å². The predicted molar refractivity (Wildman–Crippen MR) is 94.2 cm³/mol. The van der Waals surface area contributed by atoms with Crippen LogP contribution in [-0.4, -0.2) is 42.3 Å². The largest absolute Gasteiger partial charge is 0.492 e. The van der Waals surface area contributed by atoms with Crippen LogP contribution in [0.4, 0.5) is 0 Å². The monoisotopic (exact) mass is 346 g/mol. The van der Waals surface area contributed by atoms with Crippen molar-refractivity contribution in [3.05, 3.63) is 29.8 Å². The maximum Gasteiger partial charge on any atom is 0.229 e. The molecule has 0 bridgehead atoms. The number of nitrogens with zero attached hydrogens (tertiary/aromatic N) is 1. The lowest BCUT2D eigenvalue weighted by Gasteiger charge is -2.19. The van der Waals surface area contributed by atoms with E-state index in [0.29, 0.717) is 13.2 Å². The van der Waals surface area contributed by atoms with Crippen molar-refractivity contribution in [3.8, 4) is 5.75 Å². The molecule has 1 aliphatic rings. The third kappa shape index (κ3) is 5.59. The van der Waals surface area contributed by atoms with Gasteiger partial charge in [-0.25, -0.2) is 0 Å². The molecule has 0 spiro atoms. The van der Waals surface area contributed by atoms with Crippen LogP contribution in [-0.2, 0) is 19.8 Å². The quantitative estimate of drug-likeness (QED) is 0.605. The molecule has 1 aliphatic heterocycles. The third-order valence-corrected chi connectivity index (χ3v) is 4.13. The predicted octanol–water partition coefficient (Wildman–Crippen LogP) is 2.02. The van der Waals surface area contributed by atoms with E-state index in [1.807, 2.05) is 24.3 Å². The topological polar surface area (TPSA) is 75.7 Å². The molecule has 0 radical (unpaired) electrons. The second-order valence-electron chi connectivity index (χ2n) is 7.16. The van der Waals surface area contributed by atoms with Crippen LogP contribution in [0.1, 0.15) is 45.6 Å². The number of carbonyl (C=O) groups excluding carboxylic acids is 3. The van der Waals surface area contributed by atoms with Crippen LogP contribution < -0.4 is 10.1 Å². The molecule has 1 saturated heterocycles. The Morgan fingerprint density at radius 1 is 1.12 bits per heavy atom. The summed E-state index contributed by atoms with van der Waals surface area (Å²) >= 11 is 0. The molecule has 1 fully saturated rings. The van der Waals surface area contributed by atoms with Gasteiger partial charge in [-0.2, -0.15) is 0 Å². The molecule has 25 heavy (non-hydrogen) atoms. The summed E-state index contributed by atoms with van der Waals surface area (Å²) in [6.45, 7) is 7.35. The van der Waals surface area contributed by atoms with Crippen molar-refractivity contribution in [1.29, 1.82) is 0 Å². The van der Waals surface area contributed by atoms with Crippen LogP contribution in [0.5, 0.6) is 5.75 Å². The first-order chi connectivity index (χ1) is 11.8. The summed E-state index contributed by atoms with van der Waals surface area (Å²) in [5.41, 5.74) is 1.34. The van der Waals surface area contributed by atoms with Gasteiger partial charge in [0.05, 0.1) is 6.54 Å². The Balaban J connectivity index is 1.64. The van der Waals surface area contributed by atoms with Crippen LogP contribution in [0, 0.1) is 0 Å². The first-order valence-corrected chi connectivity index (χ1v) is 8.60. The van der Waals surface area contributed by atoms with Crippen molar-refractivity contribution in [2.45, 2.75) is 45.4 Å². The average molecular weight is 346 g/mol. The lowest BCUT2D eigenvalue weighted by atomic mass is 9.87. The number of rotatable bonds is 7.